The fourth-order valence-electron chi connectivity index (χ4n) is 5.05. The van der Waals surface area contributed by atoms with Crippen molar-refractivity contribution >= 4 is 39.5 Å². The lowest BCUT2D eigenvalue weighted by Gasteiger charge is -2.26. The van der Waals surface area contributed by atoms with Crippen LogP contribution >= 0.6 is 0 Å². The molecule has 9 heteroatoms. The molecule has 1 amide bonds. The van der Waals surface area contributed by atoms with Crippen LogP contribution in [-0.2, 0) is 17.9 Å². The van der Waals surface area contributed by atoms with Crippen molar-refractivity contribution in [1.82, 2.24) is 20.3 Å². The maximum atomic E-state index is 12.3. The molecule has 0 bridgehead atoms. The van der Waals surface area contributed by atoms with E-state index in [-0.39, 0.29) is 25.4 Å². The van der Waals surface area contributed by atoms with Crippen LogP contribution < -0.4 is 15.4 Å². The molecular weight excluding hydrogens is 506 g/mol. The Bertz CT molecular complexity index is 1610. The fraction of sp³-hybridized carbons (Fsp3) is 0.258. The molecule has 0 saturated heterocycles. The van der Waals surface area contributed by atoms with Crippen molar-refractivity contribution in [2.45, 2.75) is 51.0 Å². The summed E-state index contributed by atoms with van der Waals surface area (Å²) in [6, 6.07) is 23.3. The monoisotopic (exact) mass is 537 g/mol. The standard InChI is InChI=1S/C31H31N5O4/c37-24-10-12-25(13-11-24)40-27-8-4-7-21-9-14-28(36-30(21)27)35-23-15-22(29-26(16-23)33-19-34-29)17-32-31(38)39-18-20-5-2-1-3-6-20/h1-9,14-16,19,24-25,37H,10-13,17-18H2,(H,32,38)(H,33,34)(H,35,36). The van der Waals surface area contributed by atoms with E-state index in [0.717, 1.165) is 70.2 Å². The first-order valence-corrected chi connectivity index (χ1v) is 13.5. The third kappa shape index (κ3) is 6.00. The van der Waals surface area contributed by atoms with Gasteiger partial charge in [0.2, 0.25) is 0 Å². The predicted molar refractivity (Wildman–Crippen MR) is 153 cm³/mol. The Kier molecular flexibility index (Phi) is 7.45. The molecule has 4 N–H and O–H groups in total. The maximum absolute atomic E-state index is 12.3. The topological polar surface area (TPSA) is 121 Å². The molecule has 2 heterocycles. The van der Waals surface area contributed by atoms with Crippen molar-refractivity contribution in [3.8, 4) is 5.75 Å². The number of alkyl carbamates (subject to hydrolysis) is 1. The number of hydrogen-bond acceptors (Lipinski definition) is 7. The summed E-state index contributed by atoms with van der Waals surface area (Å²) in [5, 5.41) is 17.0. The number of ether oxygens (including phenoxy) is 2. The molecular formula is C31H31N5O4. The Morgan fingerprint density at radius 1 is 0.975 bits per heavy atom. The molecule has 6 rings (SSSR count). The van der Waals surface area contributed by atoms with Crippen LogP contribution in [0.2, 0.25) is 0 Å². The van der Waals surface area contributed by atoms with Crippen molar-refractivity contribution in [2.24, 2.45) is 0 Å². The number of pyridine rings is 1. The van der Waals surface area contributed by atoms with Crippen LogP contribution in [0.15, 0.2) is 79.1 Å². The number of aromatic nitrogens is 3. The van der Waals surface area contributed by atoms with E-state index in [0.29, 0.717) is 5.82 Å². The number of nitrogens with one attached hydrogen (secondary N) is 3. The average molecular weight is 538 g/mol. The van der Waals surface area contributed by atoms with Crippen LogP contribution in [0.1, 0.15) is 36.8 Å². The number of aromatic amines is 1. The first kappa shape index (κ1) is 25.6. The number of H-pyrrole nitrogens is 1. The van der Waals surface area contributed by atoms with Gasteiger partial charge < -0.3 is 30.2 Å². The number of carbonyl (C=O) groups is 1. The Morgan fingerprint density at radius 3 is 2.67 bits per heavy atom. The van der Waals surface area contributed by atoms with E-state index in [1.807, 2.05) is 72.8 Å². The highest BCUT2D eigenvalue weighted by Crippen LogP contribution is 2.31. The minimum atomic E-state index is -0.498. The highest BCUT2D eigenvalue weighted by atomic mass is 16.5. The van der Waals surface area contributed by atoms with Gasteiger partial charge in [-0.2, -0.15) is 0 Å². The van der Waals surface area contributed by atoms with Crippen molar-refractivity contribution < 1.29 is 19.4 Å². The first-order valence-electron chi connectivity index (χ1n) is 13.5. The molecule has 2 aromatic heterocycles. The van der Waals surface area contributed by atoms with Gasteiger partial charge in [0.1, 0.15) is 23.7 Å². The summed E-state index contributed by atoms with van der Waals surface area (Å²) < 4.78 is 11.7. The molecule has 40 heavy (non-hydrogen) atoms. The number of hydrogen-bond donors (Lipinski definition) is 4. The van der Waals surface area contributed by atoms with Crippen LogP contribution in [0.5, 0.6) is 5.75 Å². The van der Waals surface area contributed by atoms with E-state index in [4.69, 9.17) is 14.5 Å². The molecule has 0 spiro atoms. The lowest BCUT2D eigenvalue weighted by Crippen LogP contribution is -2.26. The molecule has 5 aromatic rings. The maximum Gasteiger partial charge on any atom is 0.407 e. The molecule has 0 atom stereocenters. The van der Waals surface area contributed by atoms with E-state index in [1.54, 1.807) is 6.33 Å². The van der Waals surface area contributed by atoms with Gasteiger partial charge in [-0.3, -0.25) is 0 Å². The predicted octanol–water partition coefficient (Wildman–Crippen LogP) is 5.96. The van der Waals surface area contributed by atoms with Crippen LogP contribution in [0.3, 0.4) is 0 Å². The van der Waals surface area contributed by atoms with Gasteiger partial charge in [0.25, 0.3) is 0 Å². The molecule has 204 valence electrons. The molecule has 0 radical (unpaired) electrons. The highest BCUT2D eigenvalue weighted by molar-refractivity contribution is 5.87. The van der Waals surface area contributed by atoms with E-state index >= 15 is 0 Å². The summed E-state index contributed by atoms with van der Waals surface area (Å²) in [6.07, 6.45) is 4.15. The van der Waals surface area contributed by atoms with Crippen LogP contribution in [0.25, 0.3) is 21.9 Å². The molecule has 1 saturated carbocycles. The zero-order valence-electron chi connectivity index (χ0n) is 22.0. The number of aliphatic hydroxyl groups is 1. The van der Waals surface area contributed by atoms with Gasteiger partial charge in [0.15, 0.2) is 0 Å². The Morgan fingerprint density at radius 2 is 1.82 bits per heavy atom. The summed E-state index contributed by atoms with van der Waals surface area (Å²) in [6.45, 7) is 0.456. The second-order valence-corrected chi connectivity index (χ2v) is 10.0. The highest BCUT2D eigenvalue weighted by Gasteiger charge is 2.21. The number of imidazole rings is 1. The lowest BCUT2D eigenvalue weighted by molar-refractivity contribution is 0.0672. The van der Waals surface area contributed by atoms with Gasteiger partial charge in [-0.25, -0.2) is 14.8 Å². The van der Waals surface area contributed by atoms with Gasteiger partial charge in [0, 0.05) is 23.2 Å². The third-order valence-corrected chi connectivity index (χ3v) is 7.13. The van der Waals surface area contributed by atoms with Crippen molar-refractivity contribution in [1.29, 1.82) is 0 Å². The van der Waals surface area contributed by atoms with Crippen LogP contribution in [0.4, 0.5) is 16.3 Å². The number of amides is 1. The number of nitrogens with zero attached hydrogens (tertiary/aromatic N) is 2. The molecule has 1 aliphatic rings. The molecule has 0 unspecified atom stereocenters. The zero-order valence-corrected chi connectivity index (χ0v) is 22.0. The zero-order chi connectivity index (χ0) is 27.3. The molecule has 3 aromatic carbocycles. The van der Waals surface area contributed by atoms with Gasteiger partial charge in [-0.05, 0) is 61.6 Å². The Balaban J connectivity index is 1.17. The van der Waals surface area contributed by atoms with Gasteiger partial charge in [0.05, 0.1) is 29.6 Å². The molecule has 9 nitrogen and oxygen atoms in total. The molecule has 1 fully saturated rings. The minimum absolute atomic E-state index is 0.0737. The number of carbonyl (C=O) groups excluding carboxylic acids is 1. The number of para-hydroxylation sites is 1. The number of rotatable bonds is 8. The Labute approximate surface area is 231 Å². The van der Waals surface area contributed by atoms with Gasteiger partial charge in [-0.1, -0.05) is 42.5 Å². The van der Waals surface area contributed by atoms with E-state index < -0.39 is 6.09 Å². The normalized spacial score (nSPS) is 17.0. The van der Waals surface area contributed by atoms with Crippen LogP contribution in [-0.4, -0.2) is 38.4 Å². The summed E-state index contributed by atoms with van der Waals surface area (Å²) in [7, 11) is 0. The second kappa shape index (κ2) is 11.6. The van der Waals surface area contributed by atoms with E-state index in [9.17, 15) is 9.90 Å². The third-order valence-electron chi connectivity index (χ3n) is 7.13. The number of aliphatic hydroxyl groups excluding tert-OH is 1. The first-order chi connectivity index (χ1) is 19.6. The molecule has 0 aliphatic heterocycles. The number of fused-ring (bicyclic) bond motifs is 2. The van der Waals surface area contributed by atoms with Crippen molar-refractivity contribution in [3.63, 3.8) is 0 Å². The van der Waals surface area contributed by atoms with Gasteiger partial charge in [-0.15, -0.1) is 0 Å². The van der Waals surface area contributed by atoms with E-state index in [2.05, 4.69) is 20.6 Å². The summed E-state index contributed by atoms with van der Waals surface area (Å²) >= 11 is 0. The number of benzene rings is 3. The molecule has 1 aliphatic carbocycles. The minimum Gasteiger partial charge on any atom is -0.488 e. The summed E-state index contributed by atoms with van der Waals surface area (Å²) in [5.74, 6) is 1.41. The largest absolute Gasteiger partial charge is 0.488 e. The average Bonchev–Trinajstić information content (AvgIpc) is 3.46. The second-order valence-electron chi connectivity index (χ2n) is 10.0. The SMILES string of the molecule is O=C(NCc1cc(Nc2ccc3cccc(OC4CCC(O)CC4)c3n2)cc2[nH]cnc12)OCc1ccccc1. The Hall–Kier alpha value is -4.63. The van der Waals surface area contributed by atoms with Crippen LogP contribution in [0, 0.1) is 0 Å². The summed E-state index contributed by atoms with van der Waals surface area (Å²) in [4.78, 5) is 24.8. The summed E-state index contributed by atoms with van der Waals surface area (Å²) in [5.41, 5.74) is 4.95. The quantitative estimate of drug-likeness (QED) is 0.193. The van der Waals surface area contributed by atoms with Crippen molar-refractivity contribution in [2.75, 3.05) is 5.32 Å². The number of anilines is 2. The van der Waals surface area contributed by atoms with E-state index in [1.165, 1.54) is 0 Å². The lowest BCUT2D eigenvalue weighted by atomic mass is 9.95. The van der Waals surface area contributed by atoms with Gasteiger partial charge >= 0.3 is 6.09 Å². The smallest absolute Gasteiger partial charge is 0.407 e. The van der Waals surface area contributed by atoms with Crippen molar-refractivity contribution in [3.05, 3.63) is 90.3 Å². The fourth-order valence-corrected chi connectivity index (χ4v) is 5.05.